The molecule has 0 aliphatic heterocycles. The molecule has 4 nitrogen and oxygen atoms in total. The summed E-state index contributed by atoms with van der Waals surface area (Å²) < 4.78 is 11.4. The van der Waals surface area contributed by atoms with Gasteiger partial charge >= 0.3 is 0 Å². The third-order valence-corrected chi connectivity index (χ3v) is 3.74. The molecule has 4 heteroatoms. The van der Waals surface area contributed by atoms with Crippen LogP contribution in [0.15, 0.2) is 36.4 Å². The minimum Gasteiger partial charge on any atom is -0.496 e. The molecule has 0 amide bonds. The van der Waals surface area contributed by atoms with Crippen molar-refractivity contribution >= 4 is 10.8 Å². The summed E-state index contributed by atoms with van der Waals surface area (Å²) in [6, 6.07) is 12.0. The van der Waals surface area contributed by atoms with Crippen molar-refractivity contribution in [3.63, 3.8) is 0 Å². The van der Waals surface area contributed by atoms with E-state index in [4.69, 9.17) is 15.2 Å². The Labute approximate surface area is 125 Å². The summed E-state index contributed by atoms with van der Waals surface area (Å²) in [5.74, 6) is 0.752. The van der Waals surface area contributed by atoms with Gasteiger partial charge in [0.25, 0.3) is 0 Å². The van der Waals surface area contributed by atoms with E-state index in [-0.39, 0.29) is 12.2 Å². The van der Waals surface area contributed by atoms with Crippen molar-refractivity contribution < 1.29 is 14.6 Å². The third kappa shape index (κ3) is 3.35. The molecular weight excluding hydrogens is 266 g/mol. The van der Waals surface area contributed by atoms with Crippen LogP contribution in [-0.2, 0) is 4.74 Å². The lowest BCUT2D eigenvalue weighted by Gasteiger charge is -2.26. The largest absolute Gasteiger partial charge is 0.496 e. The first-order chi connectivity index (χ1) is 10.1. The van der Waals surface area contributed by atoms with Crippen LogP contribution < -0.4 is 10.5 Å². The van der Waals surface area contributed by atoms with Gasteiger partial charge in [-0.2, -0.15) is 0 Å². The molecule has 0 saturated heterocycles. The van der Waals surface area contributed by atoms with Crippen LogP contribution in [0.5, 0.6) is 5.75 Å². The molecular formula is C17H23NO3. The van der Waals surface area contributed by atoms with Crippen LogP contribution in [0.2, 0.25) is 0 Å². The minimum atomic E-state index is -0.556. The molecule has 0 spiro atoms. The Balaban J connectivity index is 2.50. The van der Waals surface area contributed by atoms with E-state index in [0.29, 0.717) is 6.54 Å². The number of fused-ring (bicyclic) bond motifs is 1. The Hall–Kier alpha value is -1.62. The van der Waals surface area contributed by atoms with Gasteiger partial charge in [0.1, 0.15) is 5.75 Å². The Bertz CT molecular complexity index is 598. The molecule has 0 saturated carbocycles. The zero-order chi connectivity index (χ0) is 15.4. The van der Waals surface area contributed by atoms with Crippen molar-refractivity contribution in [1.29, 1.82) is 0 Å². The highest BCUT2D eigenvalue weighted by molar-refractivity contribution is 5.88. The number of hydrogen-bond acceptors (Lipinski definition) is 4. The number of benzene rings is 2. The van der Waals surface area contributed by atoms with E-state index in [0.717, 1.165) is 22.1 Å². The molecule has 114 valence electrons. The average Bonchev–Trinajstić information content (AvgIpc) is 2.51. The molecule has 2 aromatic carbocycles. The van der Waals surface area contributed by atoms with Crippen LogP contribution in [0.3, 0.4) is 0 Å². The molecule has 0 bridgehead atoms. The fraction of sp³-hybridized carbons (Fsp3) is 0.412. The van der Waals surface area contributed by atoms with E-state index in [2.05, 4.69) is 0 Å². The predicted molar refractivity (Wildman–Crippen MR) is 84.5 cm³/mol. The Morgan fingerprint density at radius 3 is 2.48 bits per heavy atom. The number of nitrogens with two attached hydrogens (primary N) is 1. The van der Waals surface area contributed by atoms with E-state index in [1.807, 2.05) is 43.3 Å². The predicted octanol–water partition coefficient (Wildman–Crippen LogP) is 2.63. The summed E-state index contributed by atoms with van der Waals surface area (Å²) in [5.41, 5.74) is 6.84. The molecule has 0 aliphatic rings. The molecule has 3 atom stereocenters. The van der Waals surface area contributed by atoms with Crippen LogP contribution in [0.25, 0.3) is 10.8 Å². The van der Waals surface area contributed by atoms with Crippen molar-refractivity contribution in [3.8, 4) is 5.75 Å². The van der Waals surface area contributed by atoms with E-state index in [9.17, 15) is 5.11 Å². The van der Waals surface area contributed by atoms with E-state index >= 15 is 0 Å². The van der Waals surface area contributed by atoms with Gasteiger partial charge < -0.3 is 20.3 Å². The van der Waals surface area contributed by atoms with Crippen molar-refractivity contribution in [2.75, 3.05) is 13.7 Å². The molecule has 21 heavy (non-hydrogen) atoms. The summed E-state index contributed by atoms with van der Waals surface area (Å²) >= 11 is 0. The molecule has 0 fully saturated rings. The van der Waals surface area contributed by atoms with Crippen LogP contribution in [0.4, 0.5) is 0 Å². The fourth-order valence-electron chi connectivity index (χ4n) is 2.40. The Morgan fingerprint density at radius 2 is 1.86 bits per heavy atom. The number of rotatable bonds is 6. The molecule has 0 aromatic heterocycles. The summed E-state index contributed by atoms with van der Waals surface area (Å²) in [4.78, 5) is 0. The average molecular weight is 289 g/mol. The van der Waals surface area contributed by atoms with Crippen molar-refractivity contribution in [2.45, 2.75) is 32.2 Å². The summed E-state index contributed by atoms with van der Waals surface area (Å²) in [6.45, 7) is 3.87. The van der Waals surface area contributed by atoms with Gasteiger partial charge in [-0.25, -0.2) is 0 Å². The molecule has 2 aromatic rings. The minimum absolute atomic E-state index is 0.303. The zero-order valence-corrected chi connectivity index (χ0v) is 12.7. The Morgan fingerprint density at radius 1 is 1.14 bits per heavy atom. The van der Waals surface area contributed by atoms with Crippen molar-refractivity contribution in [2.24, 2.45) is 5.73 Å². The lowest BCUT2D eigenvalue weighted by molar-refractivity contribution is -0.0592. The maximum Gasteiger partial charge on any atom is 0.125 e. The standard InChI is InChI=1S/C17H23NO3/c1-11(19)12(2)21-16(10-18)17-14-7-5-4-6-13(14)8-9-15(17)20-3/h4-9,11-12,16,19H,10,18H2,1-3H3. The molecule has 2 rings (SSSR count). The summed E-state index contributed by atoms with van der Waals surface area (Å²) in [7, 11) is 1.64. The first kappa shape index (κ1) is 15.8. The highest BCUT2D eigenvalue weighted by Crippen LogP contribution is 2.35. The van der Waals surface area contributed by atoms with Gasteiger partial charge in [-0.15, -0.1) is 0 Å². The van der Waals surface area contributed by atoms with Gasteiger partial charge in [0.05, 0.1) is 25.4 Å². The van der Waals surface area contributed by atoms with Gasteiger partial charge in [0.2, 0.25) is 0 Å². The first-order valence-electron chi connectivity index (χ1n) is 7.17. The second kappa shape index (κ2) is 6.89. The summed E-state index contributed by atoms with van der Waals surface area (Å²) in [5, 5.41) is 11.8. The number of aliphatic hydroxyl groups excluding tert-OH is 1. The van der Waals surface area contributed by atoms with E-state index < -0.39 is 6.10 Å². The topological polar surface area (TPSA) is 64.7 Å². The normalized spacial score (nSPS) is 15.7. The third-order valence-electron chi connectivity index (χ3n) is 3.74. The van der Waals surface area contributed by atoms with Crippen LogP contribution in [0.1, 0.15) is 25.5 Å². The van der Waals surface area contributed by atoms with Gasteiger partial charge in [0, 0.05) is 12.1 Å². The molecule has 3 N–H and O–H groups in total. The van der Waals surface area contributed by atoms with Crippen LogP contribution >= 0.6 is 0 Å². The highest BCUT2D eigenvalue weighted by atomic mass is 16.5. The second-order valence-corrected chi connectivity index (χ2v) is 5.21. The van der Waals surface area contributed by atoms with Gasteiger partial charge in [-0.3, -0.25) is 0 Å². The smallest absolute Gasteiger partial charge is 0.125 e. The molecule has 0 aliphatic carbocycles. The molecule has 0 radical (unpaired) electrons. The molecule has 0 heterocycles. The molecule has 3 unspecified atom stereocenters. The van der Waals surface area contributed by atoms with E-state index in [1.165, 1.54) is 0 Å². The maximum atomic E-state index is 9.65. The monoisotopic (exact) mass is 289 g/mol. The Kier molecular flexibility index (Phi) is 5.17. The SMILES string of the molecule is COc1ccc2ccccc2c1C(CN)OC(C)C(C)O. The number of aliphatic hydroxyl groups is 1. The van der Waals surface area contributed by atoms with Gasteiger partial charge in [-0.05, 0) is 30.7 Å². The van der Waals surface area contributed by atoms with Gasteiger partial charge in [-0.1, -0.05) is 30.3 Å². The van der Waals surface area contributed by atoms with Crippen molar-refractivity contribution in [1.82, 2.24) is 0 Å². The number of hydrogen-bond donors (Lipinski definition) is 2. The zero-order valence-electron chi connectivity index (χ0n) is 12.7. The van der Waals surface area contributed by atoms with E-state index in [1.54, 1.807) is 14.0 Å². The van der Waals surface area contributed by atoms with Gasteiger partial charge in [0.15, 0.2) is 0 Å². The number of ether oxygens (including phenoxy) is 2. The number of methoxy groups -OCH3 is 1. The lowest BCUT2D eigenvalue weighted by atomic mass is 9.98. The fourth-order valence-corrected chi connectivity index (χ4v) is 2.40. The quantitative estimate of drug-likeness (QED) is 0.858. The van der Waals surface area contributed by atoms with Crippen molar-refractivity contribution in [3.05, 3.63) is 42.0 Å². The lowest BCUT2D eigenvalue weighted by Crippen LogP contribution is -2.28. The van der Waals surface area contributed by atoms with Crippen LogP contribution in [-0.4, -0.2) is 31.0 Å². The highest BCUT2D eigenvalue weighted by Gasteiger charge is 2.22. The first-order valence-corrected chi connectivity index (χ1v) is 7.17. The van der Waals surface area contributed by atoms with Crippen LogP contribution in [0, 0.1) is 0 Å². The maximum absolute atomic E-state index is 9.65. The summed E-state index contributed by atoms with van der Waals surface area (Å²) in [6.07, 6.45) is -1.18. The second-order valence-electron chi connectivity index (χ2n) is 5.21.